The average Bonchev–Trinajstić information content (AvgIpc) is 2.69. The largest absolute Gasteiger partial charge is 0.316 e. The van der Waals surface area contributed by atoms with Crippen LogP contribution in [0.4, 0.5) is 0 Å². The van der Waals surface area contributed by atoms with Crippen LogP contribution in [-0.2, 0) is 16.6 Å². The van der Waals surface area contributed by atoms with Crippen LogP contribution < -0.4 is 5.32 Å². The maximum Gasteiger partial charge on any atom is 0.243 e. The van der Waals surface area contributed by atoms with E-state index in [1.165, 1.54) is 0 Å². The molecule has 1 aliphatic rings. The van der Waals surface area contributed by atoms with Gasteiger partial charge in [-0.2, -0.15) is 4.31 Å². The normalized spacial score (nSPS) is 18.2. The molecule has 1 aromatic rings. The molecule has 2 rings (SSSR count). The molecule has 1 aliphatic heterocycles. The Labute approximate surface area is 115 Å². The van der Waals surface area contributed by atoms with E-state index in [1.54, 1.807) is 16.4 Å². The molecule has 0 spiro atoms. The van der Waals surface area contributed by atoms with Crippen LogP contribution in [0.3, 0.4) is 0 Å². The van der Waals surface area contributed by atoms with Crippen molar-refractivity contribution in [2.45, 2.75) is 37.1 Å². The highest BCUT2D eigenvalue weighted by Crippen LogP contribution is 2.23. The maximum absolute atomic E-state index is 12.7. The van der Waals surface area contributed by atoms with Gasteiger partial charge in [0.2, 0.25) is 10.0 Å². The van der Waals surface area contributed by atoms with Gasteiger partial charge in [0.15, 0.2) is 0 Å². The molecule has 0 aromatic heterocycles. The number of hydrogen-bond donors (Lipinski definition) is 1. The first kappa shape index (κ1) is 14.5. The second kappa shape index (κ2) is 6.50. The number of sulfonamides is 1. The van der Waals surface area contributed by atoms with E-state index in [2.05, 4.69) is 5.32 Å². The summed E-state index contributed by atoms with van der Waals surface area (Å²) in [5, 5.41) is 3.03. The van der Waals surface area contributed by atoms with Gasteiger partial charge in [-0.05, 0) is 31.5 Å². The number of nitrogens with one attached hydrogen (secondary N) is 1. The molecule has 0 saturated carbocycles. The quantitative estimate of drug-likeness (QED) is 0.918. The topological polar surface area (TPSA) is 49.4 Å². The summed E-state index contributed by atoms with van der Waals surface area (Å²) >= 11 is 0. The summed E-state index contributed by atoms with van der Waals surface area (Å²) in [5.74, 6) is 0. The van der Waals surface area contributed by atoms with E-state index < -0.39 is 10.0 Å². The van der Waals surface area contributed by atoms with Gasteiger partial charge >= 0.3 is 0 Å². The lowest BCUT2D eigenvalue weighted by molar-refractivity contribution is 0.423. The highest BCUT2D eigenvalue weighted by Gasteiger charge is 2.26. The fraction of sp³-hybridized carbons (Fsp3) is 0.571. The van der Waals surface area contributed by atoms with Crippen LogP contribution in [0, 0.1) is 0 Å². The first-order valence-corrected chi connectivity index (χ1v) is 8.33. The molecular weight excluding hydrogens is 260 g/mol. The Balaban J connectivity index is 2.32. The zero-order valence-corrected chi connectivity index (χ0v) is 12.2. The Morgan fingerprint density at radius 2 is 1.74 bits per heavy atom. The summed E-state index contributed by atoms with van der Waals surface area (Å²) in [6, 6.07) is 7.27. The van der Waals surface area contributed by atoms with Crippen molar-refractivity contribution in [3.8, 4) is 0 Å². The molecule has 0 atom stereocenters. The summed E-state index contributed by atoms with van der Waals surface area (Å²) in [6.45, 7) is 1.87. The second-order valence-corrected chi connectivity index (χ2v) is 6.86. The van der Waals surface area contributed by atoms with Gasteiger partial charge in [-0.25, -0.2) is 8.42 Å². The summed E-state index contributed by atoms with van der Waals surface area (Å²) in [4.78, 5) is 0.450. The predicted octanol–water partition coefficient (Wildman–Crippen LogP) is 1.97. The molecule has 19 heavy (non-hydrogen) atoms. The molecule has 0 aliphatic carbocycles. The minimum atomic E-state index is -3.34. The number of benzene rings is 1. The fourth-order valence-electron chi connectivity index (χ4n) is 2.51. The van der Waals surface area contributed by atoms with E-state index in [0.717, 1.165) is 31.2 Å². The molecule has 0 bridgehead atoms. The number of rotatable bonds is 4. The van der Waals surface area contributed by atoms with E-state index >= 15 is 0 Å². The minimum Gasteiger partial charge on any atom is -0.316 e. The second-order valence-electron chi connectivity index (χ2n) is 4.96. The summed E-state index contributed by atoms with van der Waals surface area (Å²) in [5.41, 5.74) is 0.842. The van der Waals surface area contributed by atoms with E-state index in [1.807, 2.05) is 19.2 Å². The Bertz CT molecular complexity index is 506. The summed E-state index contributed by atoms with van der Waals surface area (Å²) in [7, 11) is -1.52. The van der Waals surface area contributed by atoms with Crippen molar-refractivity contribution < 1.29 is 8.42 Å². The van der Waals surface area contributed by atoms with Crippen LogP contribution in [0.2, 0.25) is 0 Å². The molecule has 1 heterocycles. The summed E-state index contributed by atoms with van der Waals surface area (Å²) in [6.07, 6.45) is 4.19. The van der Waals surface area contributed by atoms with Crippen molar-refractivity contribution in [1.82, 2.24) is 9.62 Å². The minimum absolute atomic E-state index is 0.450. The van der Waals surface area contributed by atoms with Crippen molar-refractivity contribution in [3.63, 3.8) is 0 Å². The standard InChI is InChI=1S/C14H22N2O2S/c1-15-12-13-8-4-5-9-14(13)19(17,18)16-10-6-2-3-7-11-16/h4-5,8-9,15H,2-3,6-7,10-12H2,1H3. The molecule has 4 nitrogen and oxygen atoms in total. The summed E-state index contributed by atoms with van der Waals surface area (Å²) < 4.78 is 27.1. The Morgan fingerprint density at radius 1 is 1.11 bits per heavy atom. The zero-order chi connectivity index (χ0) is 13.7. The molecule has 1 aromatic carbocycles. The lowest BCUT2D eigenvalue weighted by atomic mass is 10.2. The third kappa shape index (κ3) is 3.35. The lowest BCUT2D eigenvalue weighted by Crippen LogP contribution is -2.32. The van der Waals surface area contributed by atoms with Crippen molar-refractivity contribution >= 4 is 10.0 Å². The van der Waals surface area contributed by atoms with E-state index in [-0.39, 0.29) is 0 Å². The van der Waals surface area contributed by atoms with Crippen LogP contribution in [0.15, 0.2) is 29.2 Å². The van der Waals surface area contributed by atoms with E-state index in [0.29, 0.717) is 24.5 Å². The van der Waals surface area contributed by atoms with Gasteiger partial charge in [0, 0.05) is 19.6 Å². The Morgan fingerprint density at radius 3 is 2.37 bits per heavy atom. The third-order valence-corrected chi connectivity index (χ3v) is 5.52. The van der Waals surface area contributed by atoms with Gasteiger partial charge in [-0.1, -0.05) is 31.0 Å². The fourth-order valence-corrected chi connectivity index (χ4v) is 4.25. The number of nitrogens with zero attached hydrogens (tertiary/aromatic N) is 1. The Hall–Kier alpha value is -0.910. The van der Waals surface area contributed by atoms with Gasteiger partial charge in [-0.3, -0.25) is 0 Å². The van der Waals surface area contributed by atoms with Gasteiger partial charge in [0.1, 0.15) is 0 Å². The molecule has 0 unspecified atom stereocenters. The maximum atomic E-state index is 12.7. The van der Waals surface area contributed by atoms with Crippen molar-refractivity contribution in [3.05, 3.63) is 29.8 Å². The van der Waals surface area contributed by atoms with Crippen LogP contribution >= 0.6 is 0 Å². The number of hydrogen-bond acceptors (Lipinski definition) is 3. The smallest absolute Gasteiger partial charge is 0.243 e. The van der Waals surface area contributed by atoms with Gasteiger partial charge in [0.05, 0.1) is 4.90 Å². The van der Waals surface area contributed by atoms with Crippen molar-refractivity contribution in [1.29, 1.82) is 0 Å². The third-order valence-electron chi connectivity index (χ3n) is 3.52. The SMILES string of the molecule is CNCc1ccccc1S(=O)(=O)N1CCCCCC1. The van der Waals surface area contributed by atoms with Crippen molar-refractivity contribution in [2.24, 2.45) is 0 Å². The van der Waals surface area contributed by atoms with Crippen LogP contribution in [0.1, 0.15) is 31.2 Å². The average molecular weight is 282 g/mol. The highest BCUT2D eigenvalue weighted by molar-refractivity contribution is 7.89. The van der Waals surface area contributed by atoms with Gasteiger partial charge in [-0.15, -0.1) is 0 Å². The molecule has 0 radical (unpaired) electrons. The van der Waals surface area contributed by atoms with Gasteiger partial charge < -0.3 is 5.32 Å². The monoisotopic (exact) mass is 282 g/mol. The molecule has 5 heteroatoms. The first-order valence-electron chi connectivity index (χ1n) is 6.89. The highest BCUT2D eigenvalue weighted by atomic mass is 32.2. The van der Waals surface area contributed by atoms with Crippen LogP contribution in [0.25, 0.3) is 0 Å². The predicted molar refractivity (Wildman–Crippen MR) is 76.4 cm³/mol. The molecule has 1 fully saturated rings. The molecule has 0 amide bonds. The first-order chi connectivity index (χ1) is 9.16. The van der Waals surface area contributed by atoms with Crippen molar-refractivity contribution in [2.75, 3.05) is 20.1 Å². The lowest BCUT2D eigenvalue weighted by Gasteiger charge is -2.21. The van der Waals surface area contributed by atoms with Crippen LogP contribution in [-0.4, -0.2) is 32.9 Å². The Kier molecular flexibility index (Phi) is 4.96. The zero-order valence-electron chi connectivity index (χ0n) is 11.4. The molecule has 1 saturated heterocycles. The van der Waals surface area contributed by atoms with Gasteiger partial charge in [0.25, 0.3) is 0 Å². The van der Waals surface area contributed by atoms with E-state index in [9.17, 15) is 8.42 Å². The van der Waals surface area contributed by atoms with Crippen LogP contribution in [0.5, 0.6) is 0 Å². The van der Waals surface area contributed by atoms with E-state index in [4.69, 9.17) is 0 Å². The molecule has 1 N–H and O–H groups in total. The molecule has 106 valence electrons. The molecular formula is C14H22N2O2S.